The van der Waals surface area contributed by atoms with Gasteiger partial charge in [0.25, 0.3) is 0 Å². The van der Waals surface area contributed by atoms with E-state index in [1.54, 1.807) is 18.3 Å². The maximum atomic E-state index is 12.7. The zero-order valence-electron chi connectivity index (χ0n) is 19.5. The molecule has 0 radical (unpaired) electrons. The molecule has 0 saturated carbocycles. The van der Waals surface area contributed by atoms with Gasteiger partial charge in [-0.05, 0) is 56.9 Å². The molecule has 1 aromatic carbocycles. The van der Waals surface area contributed by atoms with Gasteiger partial charge in [0.2, 0.25) is 0 Å². The fourth-order valence-corrected chi connectivity index (χ4v) is 3.86. The summed E-state index contributed by atoms with van der Waals surface area (Å²) in [6, 6.07) is 13.4. The normalized spacial score (nSPS) is 18.2. The van der Waals surface area contributed by atoms with E-state index < -0.39 is 23.9 Å². The van der Waals surface area contributed by atoms with Crippen LogP contribution in [0.2, 0.25) is 0 Å². The molecule has 2 heterocycles. The lowest BCUT2D eigenvalue weighted by Gasteiger charge is -2.28. The minimum Gasteiger partial charge on any atom is -0.481 e. The number of carboxylic acid groups (broad SMARTS) is 1. The number of aromatic nitrogens is 1. The van der Waals surface area contributed by atoms with Crippen LogP contribution in [0.1, 0.15) is 44.7 Å². The van der Waals surface area contributed by atoms with Crippen LogP contribution in [0.15, 0.2) is 48.7 Å². The Hall–Kier alpha value is -2.97. The molecule has 2 atom stereocenters. The molecule has 1 amide bonds. The van der Waals surface area contributed by atoms with Crippen LogP contribution in [0.25, 0.3) is 0 Å². The van der Waals surface area contributed by atoms with Crippen molar-refractivity contribution in [2.45, 2.75) is 58.4 Å². The Morgan fingerprint density at radius 1 is 1.15 bits per heavy atom. The van der Waals surface area contributed by atoms with Crippen molar-refractivity contribution in [1.82, 2.24) is 10.3 Å². The van der Waals surface area contributed by atoms with E-state index in [0.29, 0.717) is 38.4 Å². The van der Waals surface area contributed by atoms with Crippen LogP contribution >= 0.6 is 0 Å². The van der Waals surface area contributed by atoms with E-state index in [0.717, 1.165) is 11.1 Å². The van der Waals surface area contributed by atoms with Gasteiger partial charge in [-0.25, -0.2) is 9.78 Å². The van der Waals surface area contributed by atoms with Crippen LogP contribution in [0, 0.1) is 5.92 Å². The number of ether oxygens (including phenoxy) is 2. The summed E-state index contributed by atoms with van der Waals surface area (Å²) in [5.74, 6) is -0.525. The highest BCUT2D eigenvalue weighted by molar-refractivity contribution is 5.86. The average molecular weight is 456 g/mol. The summed E-state index contributed by atoms with van der Waals surface area (Å²) in [5.41, 5.74) is 1.68. The number of fused-ring (bicyclic) bond motifs is 1. The van der Waals surface area contributed by atoms with Gasteiger partial charge in [0, 0.05) is 25.2 Å². The minimum absolute atomic E-state index is 0.0178. The largest absolute Gasteiger partial charge is 0.481 e. The number of aliphatic carboxylic acids is 1. The van der Waals surface area contributed by atoms with Gasteiger partial charge in [-0.15, -0.1) is 0 Å². The summed E-state index contributed by atoms with van der Waals surface area (Å²) in [6.07, 6.45) is 1.97. The summed E-state index contributed by atoms with van der Waals surface area (Å²) < 4.78 is 11.6. The fourth-order valence-electron chi connectivity index (χ4n) is 3.86. The topological polar surface area (TPSA) is 101 Å². The second-order valence-corrected chi connectivity index (χ2v) is 9.18. The average Bonchev–Trinajstić information content (AvgIpc) is 2.91. The zero-order valence-corrected chi connectivity index (χ0v) is 19.5. The number of amides is 1. The number of hydrogen-bond donors (Lipinski definition) is 2. The monoisotopic (exact) mass is 455 g/mol. The van der Waals surface area contributed by atoms with Gasteiger partial charge in [0.05, 0.1) is 13.0 Å². The molecule has 2 unspecified atom stereocenters. The van der Waals surface area contributed by atoms with E-state index in [2.05, 4.69) is 10.3 Å². The predicted octanol–water partition coefficient (Wildman–Crippen LogP) is 3.99. The first kappa shape index (κ1) is 24.7. The summed E-state index contributed by atoms with van der Waals surface area (Å²) in [6.45, 7) is 6.81. The van der Waals surface area contributed by atoms with Crippen LogP contribution in [-0.4, -0.2) is 47.1 Å². The lowest BCUT2D eigenvalue weighted by molar-refractivity contribution is -0.140. The Labute approximate surface area is 194 Å². The SMILES string of the molecule is CC(C)(C)OC(=O)N(CCCOC1NCc2ccccc2CC1CC(=O)O)c1ccccn1. The van der Waals surface area contributed by atoms with Gasteiger partial charge in [-0.3, -0.25) is 15.0 Å². The highest BCUT2D eigenvalue weighted by atomic mass is 16.6. The van der Waals surface area contributed by atoms with Gasteiger partial charge >= 0.3 is 12.1 Å². The summed E-state index contributed by atoms with van der Waals surface area (Å²) in [7, 11) is 0. The molecule has 2 aromatic rings. The maximum absolute atomic E-state index is 12.7. The molecule has 178 valence electrons. The van der Waals surface area contributed by atoms with E-state index in [1.807, 2.05) is 51.1 Å². The van der Waals surface area contributed by atoms with Gasteiger partial charge in [0.1, 0.15) is 17.6 Å². The number of carboxylic acids is 1. The molecular weight excluding hydrogens is 422 g/mol. The van der Waals surface area contributed by atoms with Crippen molar-refractivity contribution in [1.29, 1.82) is 0 Å². The molecule has 1 aliphatic heterocycles. The summed E-state index contributed by atoms with van der Waals surface area (Å²) >= 11 is 0. The number of benzene rings is 1. The lowest BCUT2D eigenvalue weighted by Crippen LogP contribution is -2.40. The van der Waals surface area contributed by atoms with Crippen molar-refractivity contribution in [2.75, 3.05) is 18.1 Å². The number of hydrogen-bond acceptors (Lipinski definition) is 6. The molecule has 0 fully saturated rings. The number of pyridine rings is 1. The fraction of sp³-hybridized carbons (Fsp3) is 0.480. The number of nitrogens with one attached hydrogen (secondary N) is 1. The number of carbonyl (C=O) groups is 2. The third-order valence-corrected chi connectivity index (χ3v) is 5.32. The molecule has 8 nitrogen and oxygen atoms in total. The van der Waals surface area contributed by atoms with Gasteiger partial charge in [0.15, 0.2) is 0 Å². The van der Waals surface area contributed by atoms with Crippen molar-refractivity contribution in [2.24, 2.45) is 5.92 Å². The molecule has 1 aromatic heterocycles. The Morgan fingerprint density at radius 2 is 1.88 bits per heavy atom. The van der Waals surface area contributed by atoms with E-state index in [1.165, 1.54) is 4.90 Å². The van der Waals surface area contributed by atoms with Crippen LogP contribution in [0.3, 0.4) is 0 Å². The van der Waals surface area contributed by atoms with Crippen LogP contribution in [-0.2, 0) is 27.2 Å². The van der Waals surface area contributed by atoms with Gasteiger partial charge in [-0.2, -0.15) is 0 Å². The van der Waals surface area contributed by atoms with Crippen molar-refractivity contribution in [3.63, 3.8) is 0 Å². The Morgan fingerprint density at radius 3 is 2.55 bits per heavy atom. The Balaban J connectivity index is 1.61. The quantitative estimate of drug-likeness (QED) is 0.580. The van der Waals surface area contributed by atoms with E-state index in [9.17, 15) is 14.7 Å². The molecule has 0 bridgehead atoms. The smallest absolute Gasteiger partial charge is 0.416 e. The molecule has 33 heavy (non-hydrogen) atoms. The van der Waals surface area contributed by atoms with E-state index in [-0.39, 0.29) is 12.3 Å². The maximum Gasteiger partial charge on any atom is 0.416 e. The first-order valence-corrected chi connectivity index (χ1v) is 11.3. The molecule has 0 spiro atoms. The zero-order chi connectivity index (χ0) is 23.8. The van der Waals surface area contributed by atoms with Crippen LogP contribution < -0.4 is 10.2 Å². The number of nitrogens with zero attached hydrogens (tertiary/aromatic N) is 2. The summed E-state index contributed by atoms with van der Waals surface area (Å²) in [5, 5.41) is 12.8. The summed E-state index contributed by atoms with van der Waals surface area (Å²) in [4.78, 5) is 30.0. The number of anilines is 1. The highest BCUT2D eigenvalue weighted by Gasteiger charge is 2.29. The van der Waals surface area contributed by atoms with E-state index in [4.69, 9.17) is 9.47 Å². The second-order valence-electron chi connectivity index (χ2n) is 9.18. The lowest BCUT2D eigenvalue weighted by atomic mass is 9.94. The third-order valence-electron chi connectivity index (χ3n) is 5.32. The first-order chi connectivity index (χ1) is 15.7. The Kier molecular flexibility index (Phi) is 8.41. The molecule has 3 rings (SSSR count). The molecule has 0 saturated heterocycles. The standard InChI is InChI=1S/C25H33N3O5/c1-25(2,3)33-24(31)28(21-11-6-7-12-26-21)13-8-14-32-23-20(16-22(29)30)15-18-9-4-5-10-19(18)17-27-23/h4-7,9-12,20,23,27H,8,13-17H2,1-3H3,(H,29,30). The predicted molar refractivity (Wildman–Crippen MR) is 125 cm³/mol. The van der Waals surface area contributed by atoms with E-state index >= 15 is 0 Å². The van der Waals surface area contributed by atoms with Crippen molar-refractivity contribution >= 4 is 17.9 Å². The third kappa shape index (κ3) is 7.54. The molecule has 8 heteroatoms. The van der Waals surface area contributed by atoms with Crippen molar-refractivity contribution in [3.05, 3.63) is 59.8 Å². The number of rotatable bonds is 8. The van der Waals surface area contributed by atoms with Gasteiger partial charge in [-0.1, -0.05) is 30.3 Å². The molecular formula is C25H33N3O5. The number of carbonyl (C=O) groups excluding carboxylic acids is 1. The van der Waals surface area contributed by atoms with Crippen LogP contribution in [0.4, 0.5) is 10.6 Å². The van der Waals surface area contributed by atoms with Crippen LogP contribution in [0.5, 0.6) is 0 Å². The molecule has 1 aliphatic rings. The first-order valence-electron chi connectivity index (χ1n) is 11.3. The minimum atomic E-state index is -0.846. The highest BCUT2D eigenvalue weighted by Crippen LogP contribution is 2.24. The van der Waals surface area contributed by atoms with Crippen molar-refractivity contribution < 1.29 is 24.2 Å². The van der Waals surface area contributed by atoms with Gasteiger partial charge < -0.3 is 14.6 Å². The Bertz CT molecular complexity index is 929. The molecule has 0 aliphatic carbocycles. The van der Waals surface area contributed by atoms with Crippen molar-refractivity contribution in [3.8, 4) is 0 Å². The molecule has 2 N–H and O–H groups in total. The second kappa shape index (κ2) is 11.2.